The number of nitrogens with two attached hydrogens (primary N) is 1. The van der Waals surface area contributed by atoms with Crippen molar-refractivity contribution in [1.29, 1.82) is 0 Å². The SMILES string of the molecule is Cc1cc(Cl)c(C)n1-c1ccc(CCN)cc1. The minimum Gasteiger partial charge on any atom is -0.330 e. The van der Waals surface area contributed by atoms with Gasteiger partial charge in [-0.15, -0.1) is 0 Å². The molecule has 0 spiro atoms. The van der Waals surface area contributed by atoms with E-state index in [0.29, 0.717) is 6.54 Å². The van der Waals surface area contributed by atoms with Crippen molar-refractivity contribution in [2.75, 3.05) is 6.54 Å². The van der Waals surface area contributed by atoms with Crippen LogP contribution in [0.5, 0.6) is 0 Å². The van der Waals surface area contributed by atoms with E-state index in [1.54, 1.807) is 0 Å². The summed E-state index contributed by atoms with van der Waals surface area (Å²) in [6.07, 6.45) is 0.921. The lowest BCUT2D eigenvalue weighted by Gasteiger charge is -2.10. The zero-order chi connectivity index (χ0) is 12.4. The molecular formula is C14H17ClN2. The average Bonchev–Trinajstić information content (AvgIpc) is 2.55. The van der Waals surface area contributed by atoms with E-state index in [1.807, 2.05) is 13.0 Å². The van der Waals surface area contributed by atoms with Gasteiger partial charge in [-0.25, -0.2) is 0 Å². The van der Waals surface area contributed by atoms with Crippen molar-refractivity contribution in [2.45, 2.75) is 20.3 Å². The Balaban J connectivity index is 2.39. The topological polar surface area (TPSA) is 30.9 Å². The Bertz CT molecular complexity index is 512. The summed E-state index contributed by atoms with van der Waals surface area (Å²) in [5.41, 5.74) is 10.2. The standard InChI is InChI=1S/C14H17ClN2/c1-10-9-14(15)11(2)17(10)13-5-3-12(4-6-13)7-8-16/h3-6,9H,7-8,16H2,1-2H3. The molecular weight excluding hydrogens is 232 g/mol. The highest BCUT2D eigenvalue weighted by molar-refractivity contribution is 6.31. The highest BCUT2D eigenvalue weighted by Gasteiger charge is 2.08. The van der Waals surface area contributed by atoms with Crippen LogP contribution in [0, 0.1) is 13.8 Å². The number of benzene rings is 1. The van der Waals surface area contributed by atoms with Gasteiger partial charge < -0.3 is 10.3 Å². The molecule has 0 atom stereocenters. The Labute approximate surface area is 107 Å². The first-order valence-corrected chi connectivity index (χ1v) is 6.15. The molecule has 2 rings (SSSR count). The van der Waals surface area contributed by atoms with Crippen molar-refractivity contribution in [2.24, 2.45) is 5.73 Å². The van der Waals surface area contributed by atoms with E-state index in [0.717, 1.165) is 28.5 Å². The van der Waals surface area contributed by atoms with Gasteiger partial charge in [-0.2, -0.15) is 0 Å². The zero-order valence-electron chi connectivity index (χ0n) is 10.2. The lowest BCUT2D eigenvalue weighted by molar-refractivity contribution is 0.948. The van der Waals surface area contributed by atoms with Gasteiger partial charge in [0.1, 0.15) is 0 Å². The van der Waals surface area contributed by atoms with Crippen LogP contribution in [0.3, 0.4) is 0 Å². The molecule has 0 radical (unpaired) electrons. The first-order valence-electron chi connectivity index (χ1n) is 5.77. The largest absolute Gasteiger partial charge is 0.330 e. The van der Waals surface area contributed by atoms with Crippen LogP contribution in [0.1, 0.15) is 17.0 Å². The van der Waals surface area contributed by atoms with E-state index >= 15 is 0 Å². The molecule has 0 saturated heterocycles. The van der Waals surface area contributed by atoms with Crippen LogP contribution >= 0.6 is 11.6 Å². The summed E-state index contributed by atoms with van der Waals surface area (Å²) in [6, 6.07) is 10.5. The van der Waals surface area contributed by atoms with Crippen LogP contribution in [0.25, 0.3) is 5.69 Å². The molecule has 90 valence electrons. The first-order chi connectivity index (χ1) is 8.13. The normalized spacial score (nSPS) is 10.8. The minimum atomic E-state index is 0.687. The van der Waals surface area contributed by atoms with Crippen LogP contribution in [-0.4, -0.2) is 11.1 Å². The molecule has 2 aromatic rings. The van der Waals surface area contributed by atoms with Crippen LogP contribution in [-0.2, 0) is 6.42 Å². The third kappa shape index (κ3) is 2.38. The van der Waals surface area contributed by atoms with Crippen molar-refractivity contribution in [3.63, 3.8) is 0 Å². The molecule has 0 fully saturated rings. The molecule has 1 aromatic heterocycles. The predicted octanol–water partition coefficient (Wildman–Crippen LogP) is 3.25. The summed E-state index contributed by atoms with van der Waals surface area (Å²) in [6.45, 7) is 4.78. The molecule has 2 nitrogen and oxygen atoms in total. The summed E-state index contributed by atoms with van der Waals surface area (Å²) in [4.78, 5) is 0. The molecule has 2 N–H and O–H groups in total. The van der Waals surface area contributed by atoms with Crippen LogP contribution in [0.15, 0.2) is 30.3 Å². The van der Waals surface area contributed by atoms with Gasteiger partial charge in [-0.05, 0) is 50.6 Å². The zero-order valence-corrected chi connectivity index (χ0v) is 11.0. The fourth-order valence-corrected chi connectivity index (χ4v) is 2.34. The third-order valence-electron chi connectivity index (χ3n) is 3.00. The number of hydrogen-bond acceptors (Lipinski definition) is 1. The Hall–Kier alpha value is -1.25. The number of aryl methyl sites for hydroxylation is 1. The van der Waals surface area contributed by atoms with Crippen LogP contribution < -0.4 is 5.73 Å². The highest BCUT2D eigenvalue weighted by atomic mass is 35.5. The highest BCUT2D eigenvalue weighted by Crippen LogP contribution is 2.24. The third-order valence-corrected chi connectivity index (χ3v) is 3.38. The minimum absolute atomic E-state index is 0.687. The molecule has 1 aromatic carbocycles. The molecule has 1 heterocycles. The molecule has 3 heteroatoms. The van der Waals surface area contributed by atoms with E-state index in [2.05, 4.69) is 35.8 Å². The number of aromatic nitrogens is 1. The monoisotopic (exact) mass is 248 g/mol. The first kappa shape index (κ1) is 12.2. The molecule has 0 amide bonds. The lowest BCUT2D eigenvalue weighted by Crippen LogP contribution is -2.03. The van der Waals surface area contributed by atoms with Crippen molar-refractivity contribution < 1.29 is 0 Å². The van der Waals surface area contributed by atoms with Crippen LogP contribution in [0.2, 0.25) is 5.02 Å². The summed E-state index contributed by atoms with van der Waals surface area (Å²) in [7, 11) is 0. The molecule has 0 saturated carbocycles. The quantitative estimate of drug-likeness (QED) is 0.888. The van der Waals surface area contributed by atoms with Gasteiger partial charge >= 0.3 is 0 Å². The van der Waals surface area contributed by atoms with E-state index in [1.165, 1.54) is 5.56 Å². The van der Waals surface area contributed by atoms with E-state index < -0.39 is 0 Å². The predicted molar refractivity (Wildman–Crippen MR) is 73.0 cm³/mol. The van der Waals surface area contributed by atoms with Gasteiger partial charge in [-0.1, -0.05) is 23.7 Å². The van der Waals surface area contributed by atoms with Crippen molar-refractivity contribution >= 4 is 11.6 Å². The van der Waals surface area contributed by atoms with Gasteiger partial charge in [0.25, 0.3) is 0 Å². The summed E-state index contributed by atoms with van der Waals surface area (Å²) >= 11 is 6.13. The maximum atomic E-state index is 6.13. The second kappa shape index (κ2) is 4.94. The van der Waals surface area contributed by atoms with Crippen molar-refractivity contribution in [3.05, 3.63) is 52.3 Å². The number of nitrogens with zero attached hydrogens (tertiary/aromatic N) is 1. The second-order valence-corrected chi connectivity index (χ2v) is 4.67. The Morgan fingerprint density at radius 2 is 1.82 bits per heavy atom. The Morgan fingerprint density at radius 3 is 2.29 bits per heavy atom. The Kier molecular flexibility index (Phi) is 3.55. The molecule has 0 unspecified atom stereocenters. The van der Waals surface area contributed by atoms with Crippen LogP contribution in [0.4, 0.5) is 0 Å². The molecule has 17 heavy (non-hydrogen) atoms. The summed E-state index contributed by atoms with van der Waals surface area (Å²) in [5.74, 6) is 0. The fourth-order valence-electron chi connectivity index (χ4n) is 2.10. The molecule has 0 aliphatic heterocycles. The maximum Gasteiger partial charge on any atom is 0.0618 e. The number of rotatable bonds is 3. The van der Waals surface area contributed by atoms with Crippen molar-refractivity contribution in [3.8, 4) is 5.69 Å². The smallest absolute Gasteiger partial charge is 0.0618 e. The maximum absolute atomic E-state index is 6.13. The average molecular weight is 249 g/mol. The second-order valence-electron chi connectivity index (χ2n) is 4.26. The summed E-state index contributed by atoms with van der Waals surface area (Å²) < 4.78 is 2.16. The lowest BCUT2D eigenvalue weighted by atomic mass is 10.1. The van der Waals surface area contributed by atoms with E-state index in [9.17, 15) is 0 Å². The number of halogens is 1. The van der Waals surface area contributed by atoms with Gasteiger partial charge in [0.2, 0.25) is 0 Å². The fraction of sp³-hybridized carbons (Fsp3) is 0.286. The summed E-state index contributed by atoms with van der Waals surface area (Å²) in [5, 5.41) is 0.813. The number of hydrogen-bond donors (Lipinski definition) is 1. The van der Waals surface area contributed by atoms with Gasteiger partial charge in [0.05, 0.1) is 5.02 Å². The van der Waals surface area contributed by atoms with Gasteiger partial charge in [0, 0.05) is 17.1 Å². The molecule has 0 aliphatic carbocycles. The Morgan fingerprint density at radius 1 is 1.18 bits per heavy atom. The van der Waals surface area contributed by atoms with E-state index in [4.69, 9.17) is 17.3 Å². The van der Waals surface area contributed by atoms with Crippen molar-refractivity contribution in [1.82, 2.24) is 4.57 Å². The molecule has 0 aliphatic rings. The van der Waals surface area contributed by atoms with E-state index in [-0.39, 0.29) is 0 Å². The van der Waals surface area contributed by atoms with Gasteiger partial charge in [0.15, 0.2) is 0 Å². The van der Waals surface area contributed by atoms with Gasteiger partial charge in [-0.3, -0.25) is 0 Å². The molecule has 0 bridgehead atoms.